The molecule has 0 aromatic carbocycles. The van der Waals surface area contributed by atoms with Crippen LogP contribution in [-0.2, 0) is 4.79 Å². The minimum Gasteiger partial charge on any atom is -0.369 e. The molecule has 1 saturated heterocycles. The molecule has 0 atom stereocenters. The van der Waals surface area contributed by atoms with Crippen molar-refractivity contribution < 1.29 is 9.59 Å². The van der Waals surface area contributed by atoms with E-state index >= 15 is 0 Å². The van der Waals surface area contributed by atoms with Crippen molar-refractivity contribution in [2.75, 3.05) is 19.6 Å². The van der Waals surface area contributed by atoms with Crippen molar-refractivity contribution in [3.05, 3.63) is 28.5 Å². The lowest BCUT2D eigenvalue weighted by Crippen LogP contribution is -2.46. The molecule has 108 valence electrons. The van der Waals surface area contributed by atoms with Gasteiger partial charge in [-0.25, -0.2) is 4.98 Å². The molecule has 20 heavy (non-hydrogen) atoms. The summed E-state index contributed by atoms with van der Waals surface area (Å²) in [6, 6.07) is 5.36. The lowest BCUT2D eigenvalue weighted by atomic mass is 10.0. The normalized spacial score (nSPS) is 16.9. The molecule has 2 heterocycles. The van der Waals surface area contributed by atoms with E-state index in [-0.39, 0.29) is 24.4 Å². The van der Waals surface area contributed by atoms with Gasteiger partial charge in [0.05, 0.1) is 6.54 Å². The van der Waals surface area contributed by atoms with E-state index in [2.05, 4.69) is 26.2 Å². The number of halogens is 1. The number of rotatable bonds is 4. The Kier molecular flexibility index (Phi) is 5.08. The minimum absolute atomic E-state index is 0.118. The molecular weight excluding hydrogens is 324 g/mol. The summed E-state index contributed by atoms with van der Waals surface area (Å²) < 4.78 is 0.640. The number of pyridine rings is 1. The second kappa shape index (κ2) is 6.81. The second-order valence-corrected chi connectivity index (χ2v) is 5.65. The van der Waals surface area contributed by atoms with Crippen molar-refractivity contribution >= 4 is 27.7 Å². The van der Waals surface area contributed by atoms with Crippen LogP contribution in [0.3, 0.4) is 0 Å². The molecule has 0 bridgehead atoms. The van der Waals surface area contributed by atoms with E-state index in [9.17, 15) is 9.59 Å². The third-order valence-electron chi connectivity index (χ3n) is 3.25. The second-order valence-electron chi connectivity index (χ2n) is 4.84. The van der Waals surface area contributed by atoms with Crippen LogP contribution in [0.25, 0.3) is 0 Å². The Morgan fingerprint density at radius 2 is 2.10 bits per heavy atom. The molecule has 1 fully saturated rings. The Morgan fingerprint density at radius 3 is 2.70 bits per heavy atom. The van der Waals surface area contributed by atoms with Crippen LogP contribution in [0.4, 0.5) is 0 Å². The SMILES string of the molecule is NC(=O)CN1CCC(NC(=O)c2cccc(Br)n2)CC1. The number of carbonyl (C=O) groups excluding carboxylic acids is 2. The van der Waals surface area contributed by atoms with E-state index in [1.165, 1.54) is 0 Å². The van der Waals surface area contributed by atoms with Crippen molar-refractivity contribution in [3.8, 4) is 0 Å². The van der Waals surface area contributed by atoms with Gasteiger partial charge in [0, 0.05) is 19.1 Å². The number of nitrogens with one attached hydrogen (secondary N) is 1. The molecule has 0 radical (unpaired) electrons. The molecule has 6 nitrogen and oxygen atoms in total. The predicted octanol–water partition coefficient (Wildman–Crippen LogP) is 0.524. The van der Waals surface area contributed by atoms with Crippen LogP contribution >= 0.6 is 15.9 Å². The molecule has 0 aliphatic carbocycles. The Labute approximate surface area is 125 Å². The molecule has 2 rings (SSSR count). The first-order chi connectivity index (χ1) is 9.54. The smallest absolute Gasteiger partial charge is 0.270 e. The Balaban J connectivity index is 1.83. The van der Waals surface area contributed by atoms with Crippen molar-refractivity contribution in [3.63, 3.8) is 0 Å². The number of piperidine rings is 1. The predicted molar refractivity (Wildman–Crippen MR) is 78.1 cm³/mol. The maximum Gasteiger partial charge on any atom is 0.270 e. The van der Waals surface area contributed by atoms with Gasteiger partial charge in [-0.3, -0.25) is 14.5 Å². The summed E-state index contributed by atoms with van der Waals surface area (Å²) in [5.41, 5.74) is 5.57. The number of hydrogen-bond acceptors (Lipinski definition) is 4. The lowest BCUT2D eigenvalue weighted by Gasteiger charge is -2.31. The van der Waals surface area contributed by atoms with Gasteiger partial charge >= 0.3 is 0 Å². The third kappa shape index (κ3) is 4.28. The number of aromatic nitrogens is 1. The molecular formula is C13H17BrN4O2. The quantitative estimate of drug-likeness (QED) is 0.782. The first-order valence-corrected chi connectivity index (χ1v) is 7.28. The highest BCUT2D eigenvalue weighted by Gasteiger charge is 2.22. The zero-order valence-electron chi connectivity index (χ0n) is 11.0. The van der Waals surface area contributed by atoms with E-state index in [0.29, 0.717) is 10.3 Å². The fourth-order valence-electron chi connectivity index (χ4n) is 2.25. The van der Waals surface area contributed by atoms with Gasteiger partial charge in [-0.1, -0.05) is 6.07 Å². The zero-order valence-corrected chi connectivity index (χ0v) is 12.6. The average molecular weight is 341 g/mol. The Morgan fingerprint density at radius 1 is 1.40 bits per heavy atom. The Bertz CT molecular complexity index is 501. The highest BCUT2D eigenvalue weighted by molar-refractivity contribution is 9.10. The maximum atomic E-state index is 12.0. The number of likely N-dealkylation sites (tertiary alicyclic amines) is 1. The summed E-state index contributed by atoms with van der Waals surface area (Å²) in [7, 11) is 0. The molecule has 2 amide bonds. The highest BCUT2D eigenvalue weighted by atomic mass is 79.9. The highest BCUT2D eigenvalue weighted by Crippen LogP contribution is 2.11. The van der Waals surface area contributed by atoms with Crippen LogP contribution in [0.15, 0.2) is 22.8 Å². The first kappa shape index (κ1) is 14.9. The minimum atomic E-state index is -0.314. The molecule has 1 aliphatic rings. The number of nitrogens with zero attached hydrogens (tertiary/aromatic N) is 2. The van der Waals surface area contributed by atoms with E-state index in [1.54, 1.807) is 18.2 Å². The van der Waals surface area contributed by atoms with Crippen LogP contribution in [0.5, 0.6) is 0 Å². The van der Waals surface area contributed by atoms with Crippen molar-refractivity contribution in [2.24, 2.45) is 5.73 Å². The van der Waals surface area contributed by atoms with Crippen molar-refractivity contribution in [2.45, 2.75) is 18.9 Å². The average Bonchev–Trinajstić information content (AvgIpc) is 2.40. The van der Waals surface area contributed by atoms with Crippen LogP contribution < -0.4 is 11.1 Å². The van der Waals surface area contributed by atoms with Crippen molar-refractivity contribution in [1.29, 1.82) is 0 Å². The van der Waals surface area contributed by atoms with E-state index < -0.39 is 0 Å². The number of carbonyl (C=O) groups is 2. The van der Waals surface area contributed by atoms with Gasteiger partial charge in [0.25, 0.3) is 5.91 Å². The molecule has 0 spiro atoms. The fraction of sp³-hybridized carbons (Fsp3) is 0.462. The maximum absolute atomic E-state index is 12.0. The molecule has 0 unspecified atom stereocenters. The van der Waals surface area contributed by atoms with E-state index in [0.717, 1.165) is 25.9 Å². The summed E-state index contributed by atoms with van der Waals surface area (Å²) in [4.78, 5) is 29.0. The molecule has 0 saturated carbocycles. The Hall–Kier alpha value is -1.47. The van der Waals surface area contributed by atoms with Gasteiger partial charge in [0.15, 0.2) is 0 Å². The third-order valence-corrected chi connectivity index (χ3v) is 3.69. The molecule has 1 aromatic heterocycles. The molecule has 7 heteroatoms. The van der Waals surface area contributed by atoms with E-state index in [1.807, 2.05) is 4.90 Å². The summed E-state index contributed by atoms with van der Waals surface area (Å²) >= 11 is 3.24. The van der Waals surface area contributed by atoms with E-state index in [4.69, 9.17) is 5.73 Å². The van der Waals surface area contributed by atoms with Gasteiger partial charge in [-0.2, -0.15) is 0 Å². The van der Waals surface area contributed by atoms with Gasteiger partial charge in [0.2, 0.25) is 5.91 Å². The molecule has 1 aliphatic heterocycles. The fourth-order valence-corrected chi connectivity index (χ4v) is 2.59. The summed E-state index contributed by atoms with van der Waals surface area (Å²) in [6.07, 6.45) is 1.63. The van der Waals surface area contributed by atoms with Gasteiger partial charge in [-0.15, -0.1) is 0 Å². The van der Waals surface area contributed by atoms with Crippen LogP contribution in [0.1, 0.15) is 23.3 Å². The zero-order chi connectivity index (χ0) is 14.5. The topological polar surface area (TPSA) is 88.3 Å². The van der Waals surface area contributed by atoms with Crippen molar-refractivity contribution in [1.82, 2.24) is 15.2 Å². The molecule has 3 N–H and O–H groups in total. The van der Waals surface area contributed by atoms with Gasteiger partial charge in [-0.05, 0) is 40.9 Å². The standard InChI is InChI=1S/C13H17BrN4O2/c14-11-3-1-2-10(17-11)13(20)16-9-4-6-18(7-5-9)8-12(15)19/h1-3,9H,4-8H2,(H2,15,19)(H,16,20). The van der Waals surface area contributed by atoms with Crippen LogP contribution in [0.2, 0.25) is 0 Å². The number of nitrogens with two attached hydrogens (primary N) is 1. The molecule has 1 aromatic rings. The summed E-state index contributed by atoms with van der Waals surface area (Å²) in [5, 5.41) is 2.97. The first-order valence-electron chi connectivity index (χ1n) is 6.48. The summed E-state index contributed by atoms with van der Waals surface area (Å²) in [5.74, 6) is -0.481. The van der Waals surface area contributed by atoms with Gasteiger partial charge < -0.3 is 11.1 Å². The summed E-state index contributed by atoms with van der Waals surface area (Å²) in [6.45, 7) is 1.81. The van der Waals surface area contributed by atoms with Crippen LogP contribution in [-0.4, -0.2) is 47.4 Å². The lowest BCUT2D eigenvalue weighted by molar-refractivity contribution is -0.119. The van der Waals surface area contributed by atoms with Crippen LogP contribution in [0, 0.1) is 0 Å². The van der Waals surface area contributed by atoms with Gasteiger partial charge in [0.1, 0.15) is 10.3 Å². The largest absolute Gasteiger partial charge is 0.369 e. The number of hydrogen-bond donors (Lipinski definition) is 2. The number of amides is 2. The monoisotopic (exact) mass is 340 g/mol. The number of primary amides is 1.